The third-order valence-corrected chi connectivity index (χ3v) is 2.12. The van der Waals surface area contributed by atoms with Gasteiger partial charge in [0.1, 0.15) is 0 Å². The third kappa shape index (κ3) is 3.69. The molecule has 80 valence electrons. The highest BCUT2D eigenvalue weighted by molar-refractivity contribution is 7.32. The Balaban J connectivity index is 0.000000791. The Labute approximate surface area is 85.0 Å². The Kier molecular flexibility index (Phi) is 5.82. The quantitative estimate of drug-likeness (QED) is 0.754. The summed E-state index contributed by atoms with van der Waals surface area (Å²) in [6.07, 6.45) is 0. The third-order valence-electron chi connectivity index (χ3n) is 1.55. The van der Waals surface area contributed by atoms with Crippen molar-refractivity contribution >= 4 is 8.81 Å². The van der Waals surface area contributed by atoms with E-state index >= 15 is 0 Å². The zero-order valence-corrected chi connectivity index (χ0v) is 9.51. The molecule has 1 atom stereocenters. The highest BCUT2D eigenvalue weighted by atomic mass is 31.1. The van der Waals surface area contributed by atoms with Gasteiger partial charge in [-0.1, -0.05) is 43.7 Å². The van der Waals surface area contributed by atoms with E-state index < -0.39 is 14.5 Å². The molecule has 0 heterocycles. The minimum Gasteiger partial charge on any atom is -0.370 e. The SMILES string of the molecule is CC.Cc1ccc(C(F)(F)PO)cc1. The van der Waals surface area contributed by atoms with Gasteiger partial charge in [0.05, 0.1) is 8.81 Å². The van der Waals surface area contributed by atoms with E-state index in [0.29, 0.717) is 0 Å². The van der Waals surface area contributed by atoms with Crippen molar-refractivity contribution in [2.24, 2.45) is 0 Å². The lowest BCUT2D eigenvalue weighted by Crippen LogP contribution is -2.04. The van der Waals surface area contributed by atoms with E-state index in [1.807, 2.05) is 20.8 Å². The van der Waals surface area contributed by atoms with Crippen molar-refractivity contribution in [2.45, 2.75) is 26.4 Å². The standard InChI is InChI=1S/C8H9F2OP.C2H6/c1-6-2-4-7(5-3-6)8(9,10)12-11;1-2/h2-5,11-12H,1H3;1-2H3. The second-order valence-electron chi connectivity index (χ2n) is 2.55. The first-order valence-corrected chi connectivity index (χ1v) is 5.37. The molecule has 1 aromatic carbocycles. The zero-order chi connectivity index (χ0) is 11.2. The largest absolute Gasteiger partial charge is 0.370 e. The van der Waals surface area contributed by atoms with Crippen LogP contribution in [-0.4, -0.2) is 4.89 Å². The average molecular weight is 220 g/mol. The molecule has 4 heteroatoms. The fraction of sp³-hybridized carbons (Fsp3) is 0.400. The van der Waals surface area contributed by atoms with E-state index in [2.05, 4.69) is 0 Å². The molecule has 0 aliphatic heterocycles. The highest BCUT2D eigenvalue weighted by Crippen LogP contribution is 2.41. The van der Waals surface area contributed by atoms with E-state index in [1.165, 1.54) is 12.1 Å². The Morgan fingerprint density at radius 3 is 1.93 bits per heavy atom. The molecule has 0 aliphatic rings. The maximum Gasteiger partial charge on any atom is 0.310 e. The van der Waals surface area contributed by atoms with Crippen molar-refractivity contribution < 1.29 is 13.7 Å². The van der Waals surface area contributed by atoms with E-state index in [-0.39, 0.29) is 5.56 Å². The normalized spacial score (nSPS) is 11.3. The van der Waals surface area contributed by atoms with Gasteiger partial charge in [0.2, 0.25) is 0 Å². The van der Waals surface area contributed by atoms with Gasteiger partial charge in [-0.2, -0.15) is 8.78 Å². The first-order chi connectivity index (χ1) is 6.56. The average Bonchev–Trinajstić information content (AvgIpc) is 2.21. The van der Waals surface area contributed by atoms with Crippen LogP contribution in [0.25, 0.3) is 0 Å². The van der Waals surface area contributed by atoms with Gasteiger partial charge in [0, 0.05) is 5.56 Å². The van der Waals surface area contributed by atoms with Crippen molar-refractivity contribution in [3.8, 4) is 0 Å². The van der Waals surface area contributed by atoms with Crippen LogP contribution >= 0.6 is 8.81 Å². The summed E-state index contributed by atoms with van der Waals surface area (Å²) < 4.78 is 25.6. The molecule has 0 radical (unpaired) electrons. The molecule has 0 aliphatic carbocycles. The molecule has 1 rings (SSSR count). The van der Waals surface area contributed by atoms with Crippen LogP contribution in [0.2, 0.25) is 0 Å². The minimum atomic E-state index is -3.09. The van der Waals surface area contributed by atoms with Crippen molar-refractivity contribution in [1.29, 1.82) is 0 Å². The summed E-state index contributed by atoms with van der Waals surface area (Å²) in [5.74, 6) is 0. The summed E-state index contributed by atoms with van der Waals surface area (Å²) in [5.41, 5.74) is -2.29. The first-order valence-electron chi connectivity index (χ1n) is 4.42. The second-order valence-corrected chi connectivity index (χ2v) is 3.40. The van der Waals surface area contributed by atoms with Crippen LogP contribution in [0, 0.1) is 6.92 Å². The van der Waals surface area contributed by atoms with Gasteiger partial charge in [-0.05, 0) is 6.92 Å². The Hall–Kier alpha value is -0.530. The van der Waals surface area contributed by atoms with Gasteiger partial charge in [-0.3, -0.25) is 0 Å². The van der Waals surface area contributed by atoms with Gasteiger partial charge >= 0.3 is 5.66 Å². The van der Waals surface area contributed by atoms with Crippen molar-refractivity contribution in [2.75, 3.05) is 0 Å². The van der Waals surface area contributed by atoms with Gasteiger partial charge in [0.25, 0.3) is 0 Å². The molecule has 0 saturated carbocycles. The lowest BCUT2D eigenvalue weighted by molar-refractivity contribution is 0.0919. The van der Waals surface area contributed by atoms with Crippen LogP contribution in [0.5, 0.6) is 0 Å². The Bertz CT molecular complexity index is 259. The number of benzene rings is 1. The zero-order valence-electron chi connectivity index (χ0n) is 8.51. The number of hydrogen-bond acceptors (Lipinski definition) is 1. The molecule has 1 aromatic rings. The fourth-order valence-corrected chi connectivity index (χ4v) is 1.12. The van der Waals surface area contributed by atoms with E-state index in [9.17, 15) is 8.78 Å². The number of hydrogen-bond donors (Lipinski definition) is 1. The predicted octanol–water partition coefficient (Wildman–Crippen LogP) is 3.66. The van der Waals surface area contributed by atoms with Gasteiger partial charge < -0.3 is 4.89 Å². The molecule has 1 nitrogen and oxygen atoms in total. The molecule has 0 fully saturated rings. The molecule has 0 bridgehead atoms. The van der Waals surface area contributed by atoms with Gasteiger partial charge in [-0.25, -0.2) is 0 Å². The lowest BCUT2D eigenvalue weighted by Gasteiger charge is -2.12. The number of rotatable bonds is 2. The molecule has 0 spiro atoms. The summed E-state index contributed by atoms with van der Waals surface area (Å²) in [5, 5.41) is 0. The van der Waals surface area contributed by atoms with Crippen LogP contribution < -0.4 is 0 Å². The monoisotopic (exact) mass is 220 g/mol. The molecular formula is C10H15F2OP. The molecule has 1 unspecified atom stereocenters. The maximum atomic E-state index is 12.8. The summed E-state index contributed by atoms with van der Waals surface area (Å²) in [7, 11) is -1.37. The summed E-state index contributed by atoms with van der Waals surface area (Å²) >= 11 is 0. The topological polar surface area (TPSA) is 20.2 Å². The Morgan fingerprint density at radius 1 is 1.14 bits per heavy atom. The maximum absolute atomic E-state index is 12.8. The number of aryl methyl sites for hydroxylation is 1. The van der Waals surface area contributed by atoms with Crippen LogP contribution in [0.1, 0.15) is 25.0 Å². The molecular weight excluding hydrogens is 205 g/mol. The molecule has 14 heavy (non-hydrogen) atoms. The van der Waals surface area contributed by atoms with Gasteiger partial charge in [-0.15, -0.1) is 0 Å². The molecule has 0 saturated heterocycles. The highest BCUT2D eigenvalue weighted by Gasteiger charge is 2.30. The first kappa shape index (κ1) is 13.5. The predicted molar refractivity (Wildman–Crippen MR) is 57.0 cm³/mol. The molecule has 0 aromatic heterocycles. The molecule has 0 amide bonds. The van der Waals surface area contributed by atoms with Crippen LogP contribution in [0.4, 0.5) is 8.78 Å². The smallest absolute Gasteiger partial charge is 0.310 e. The number of alkyl halides is 2. The van der Waals surface area contributed by atoms with E-state index in [4.69, 9.17) is 4.89 Å². The summed E-state index contributed by atoms with van der Waals surface area (Å²) in [6.45, 7) is 5.82. The van der Waals surface area contributed by atoms with Crippen molar-refractivity contribution in [1.82, 2.24) is 0 Å². The number of halogens is 2. The van der Waals surface area contributed by atoms with Crippen LogP contribution in [0.15, 0.2) is 24.3 Å². The second kappa shape index (κ2) is 6.05. The van der Waals surface area contributed by atoms with Gasteiger partial charge in [0.15, 0.2) is 0 Å². The Morgan fingerprint density at radius 2 is 1.57 bits per heavy atom. The van der Waals surface area contributed by atoms with E-state index in [1.54, 1.807) is 12.1 Å². The summed E-state index contributed by atoms with van der Waals surface area (Å²) in [6, 6.07) is 5.86. The van der Waals surface area contributed by atoms with Crippen LogP contribution in [0.3, 0.4) is 0 Å². The fourth-order valence-electron chi connectivity index (χ4n) is 0.827. The summed E-state index contributed by atoms with van der Waals surface area (Å²) in [4.78, 5) is 8.39. The molecule has 1 N–H and O–H groups in total. The minimum absolute atomic E-state index is 0.131. The van der Waals surface area contributed by atoms with Crippen molar-refractivity contribution in [3.63, 3.8) is 0 Å². The lowest BCUT2D eigenvalue weighted by atomic mass is 10.2. The van der Waals surface area contributed by atoms with E-state index in [0.717, 1.165) is 5.56 Å². The van der Waals surface area contributed by atoms with Crippen molar-refractivity contribution in [3.05, 3.63) is 35.4 Å². The van der Waals surface area contributed by atoms with Crippen LogP contribution in [-0.2, 0) is 5.66 Å².